The molecule has 2 aromatic carbocycles. The molecule has 51 heavy (non-hydrogen) atoms. The van der Waals surface area contributed by atoms with E-state index >= 15 is 0 Å². The summed E-state index contributed by atoms with van der Waals surface area (Å²) in [6.45, 7) is 0.846. The molecule has 0 N–H and O–H groups in total. The molecule has 3 aliphatic rings. The summed E-state index contributed by atoms with van der Waals surface area (Å²) in [5.41, 5.74) is 2.38. The number of rotatable bonds is 16. The van der Waals surface area contributed by atoms with Gasteiger partial charge in [0.15, 0.2) is 22.7 Å². The molecule has 1 saturated carbocycles. The second kappa shape index (κ2) is 17.1. The fourth-order valence-electron chi connectivity index (χ4n) is 6.13. The van der Waals surface area contributed by atoms with Crippen LogP contribution in [0.1, 0.15) is 46.0 Å². The number of alkyl halides is 2. The van der Waals surface area contributed by atoms with Crippen LogP contribution in [-0.2, 0) is 27.2 Å². The molecule has 0 radical (unpaired) electrons. The molecular formula is C36H39Cl2F2N3O7S. The monoisotopic (exact) mass is 765 g/mol. The molecule has 2 aliphatic heterocycles. The minimum Gasteiger partial charge on any atom is -0.496 e. The number of aromatic nitrogens is 1. The van der Waals surface area contributed by atoms with Gasteiger partial charge < -0.3 is 28.6 Å². The lowest BCUT2D eigenvalue weighted by Crippen LogP contribution is -2.50. The molecule has 0 bridgehead atoms. The highest BCUT2D eigenvalue weighted by Crippen LogP contribution is 2.41. The zero-order valence-electron chi connectivity index (χ0n) is 28.0. The minimum absolute atomic E-state index is 0.104. The van der Waals surface area contributed by atoms with E-state index in [1.807, 2.05) is 6.07 Å². The zero-order chi connectivity index (χ0) is 36.0. The molecule has 3 aromatic rings. The Kier molecular flexibility index (Phi) is 12.6. The van der Waals surface area contributed by atoms with Crippen LogP contribution in [0.4, 0.5) is 8.78 Å². The van der Waals surface area contributed by atoms with Crippen molar-refractivity contribution in [3.63, 3.8) is 0 Å². The Morgan fingerprint density at radius 1 is 1.08 bits per heavy atom. The number of halogens is 4. The number of hydrogen-bond donors (Lipinski definition) is 0. The number of carbonyl (C=O) groups is 2. The van der Waals surface area contributed by atoms with Gasteiger partial charge in [0, 0.05) is 61.9 Å². The van der Waals surface area contributed by atoms with E-state index < -0.39 is 17.6 Å². The lowest BCUT2D eigenvalue weighted by Gasteiger charge is -2.34. The third-order valence-corrected chi connectivity index (χ3v) is 11.1. The Morgan fingerprint density at radius 2 is 1.82 bits per heavy atom. The van der Waals surface area contributed by atoms with Crippen LogP contribution in [0.15, 0.2) is 48.8 Å². The fourth-order valence-corrected chi connectivity index (χ4v) is 7.83. The summed E-state index contributed by atoms with van der Waals surface area (Å²) < 4.78 is 54.9. The highest BCUT2D eigenvalue weighted by Gasteiger charge is 2.46. The second-order valence-corrected chi connectivity index (χ2v) is 14.8. The van der Waals surface area contributed by atoms with E-state index in [-0.39, 0.29) is 30.4 Å². The van der Waals surface area contributed by atoms with Crippen molar-refractivity contribution >= 4 is 47.2 Å². The van der Waals surface area contributed by atoms with E-state index in [2.05, 4.69) is 9.88 Å². The molecule has 0 spiro atoms. The van der Waals surface area contributed by atoms with Crippen LogP contribution in [0, 0.1) is 5.92 Å². The quantitative estimate of drug-likeness (QED) is 0.147. The van der Waals surface area contributed by atoms with Crippen molar-refractivity contribution in [3.05, 3.63) is 81.1 Å². The number of hydrogen-bond acceptors (Lipinski definition) is 10. The Morgan fingerprint density at radius 3 is 2.51 bits per heavy atom. The summed E-state index contributed by atoms with van der Waals surface area (Å²) in [4.78, 5) is 33.6. The van der Waals surface area contributed by atoms with Gasteiger partial charge in [0.2, 0.25) is 0 Å². The van der Waals surface area contributed by atoms with Crippen molar-refractivity contribution in [1.82, 2.24) is 14.8 Å². The molecule has 6 rings (SSSR count). The maximum absolute atomic E-state index is 14.2. The SMILES string of the molecule is COc1ccc(C(=O)N2CCSC2(C=O)CO[C@@H](Cc2c(Cl)cncc2Cl)c2ccc(OC(F)F)c(OCC3CC3)c2)cc1CN1CCOCC1. The number of thioether (sulfide) groups is 1. The second-order valence-electron chi connectivity index (χ2n) is 12.6. The van der Waals surface area contributed by atoms with E-state index in [1.54, 1.807) is 31.4 Å². The standard InChI is InChI=1S/C36H39Cl2F2N3O7S/c1-46-30-6-5-25(14-26(30)19-42-8-11-47-12-9-42)34(45)43-10-13-51-36(43,21-44)22-49-32(16-27-28(37)17-41-18-29(27)38)24-4-7-31(50-35(39)40)33(15-24)48-20-23-2-3-23/h4-7,14-15,17-18,21,23,32,35H,2-3,8-13,16,19-20,22H2,1H3/t32-,36?/m0/s1. The van der Waals surface area contributed by atoms with E-state index in [9.17, 15) is 18.4 Å². The third kappa shape index (κ3) is 9.24. The fraction of sp³-hybridized carbons (Fsp3) is 0.472. The number of benzene rings is 2. The van der Waals surface area contributed by atoms with Crippen LogP contribution in [-0.4, -0.2) is 97.4 Å². The third-order valence-electron chi connectivity index (χ3n) is 9.14. The molecule has 10 nitrogen and oxygen atoms in total. The summed E-state index contributed by atoms with van der Waals surface area (Å²) in [6.07, 6.45) is 5.03. The zero-order valence-corrected chi connectivity index (χ0v) is 30.4. The number of morpholine rings is 1. The van der Waals surface area contributed by atoms with E-state index in [0.29, 0.717) is 77.1 Å². The summed E-state index contributed by atoms with van der Waals surface area (Å²) in [7, 11) is 1.59. The van der Waals surface area contributed by atoms with Crippen LogP contribution < -0.4 is 14.2 Å². The number of carbonyl (C=O) groups excluding carboxylic acids is 2. The molecule has 1 unspecified atom stereocenters. The normalized spacial score (nSPS) is 20.0. The number of pyridine rings is 1. The van der Waals surface area contributed by atoms with Crippen LogP contribution in [0.3, 0.4) is 0 Å². The first-order chi connectivity index (χ1) is 24.7. The molecular weight excluding hydrogens is 727 g/mol. The highest BCUT2D eigenvalue weighted by molar-refractivity contribution is 8.01. The molecule has 15 heteroatoms. The van der Waals surface area contributed by atoms with Gasteiger partial charge in [-0.15, -0.1) is 11.8 Å². The molecule has 3 fully saturated rings. The summed E-state index contributed by atoms with van der Waals surface area (Å²) in [5, 5.41) is 0.618. The van der Waals surface area contributed by atoms with E-state index in [0.717, 1.165) is 37.8 Å². The highest BCUT2D eigenvalue weighted by atomic mass is 35.5. The van der Waals surface area contributed by atoms with Gasteiger partial charge in [-0.1, -0.05) is 29.3 Å². The Hall–Kier alpha value is -3.20. The molecule has 1 amide bonds. The molecule has 274 valence electrons. The average Bonchev–Trinajstić information content (AvgIpc) is 3.87. The predicted molar refractivity (Wildman–Crippen MR) is 189 cm³/mol. The van der Waals surface area contributed by atoms with Crippen molar-refractivity contribution in [1.29, 1.82) is 0 Å². The van der Waals surface area contributed by atoms with E-state index in [4.69, 9.17) is 46.9 Å². The average molecular weight is 767 g/mol. The van der Waals surface area contributed by atoms with Gasteiger partial charge in [0.1, 0.15) is 5.75 Å². The van der Waals surface area contributed by atoms with Gasteiger partial charge in [-0.3, -0.25) is 19.5 Å². The first-order valence-electron chi connectivity index (χ1n) is 16.7. The number of amides is 1. The molecule has 3 heterocycles. The lowest BCUT2D eigenvalue weighted by atomic mass is 10.0. The van der Waals surface area contributed by atoms with Crippen molar-refractivity contribution < 1.29 is 42.1 Å². The van der Waals surface area contributed by atoms with Crippen molar-refractivity contribution in [2.75, 3.05) is 58.9 Å². The largest absolute Gasteiger partial charge is 0.496 e. The van der Waals surface area contributed by atoms with Crippen molar-refractivity contribution in [2.45, 2.75) is 43.4 Å². The van der Waals surface area contributed by atoms with Crippen molar-refractivity contribution in [3.8, 4) is 17.2 Å². The van der Waals surface area contributed by atoms with Crippen LogP contribution >= 0.6 is 35.0 Å². The smallest absolute Gasteiger partial charge is 0.387 e. The van der Waals surface area contributed by atoms with Gasteiger partial charge in [-0.25, -0.2) is 0 Å². The van der Waals surface area contributed by atoms with Crippen LogP contribution in [0.2, 0.25) is 10.0 Å². The number of aldehydes is 1. The maximum Gasteiger partial charge on any atom is 0.387 e. The number of methoxy groups -OCH3 is 1. The van der Waals surface area contributed by atoms with Crippen LogP contribution in [0.25, 0.3) is 0 Å². The first kappa shape index (κ1) is 37.6. The van der Waals surface area contributed by atoms with Crippen molar-refractivity contribution in [2.24, 2.45) is 5.92 Å². The summed E-state index contributed by atoms with van der Waals surface area (Å²) in [5.74, 6) is 1.25. The van der Waals surface area contributed by atoms with Gasteiger partial charge in [0.05, 0.1) is 49.7 Å². The van der Waals surface area contributed by atoms with Gasteiger partial charge in [-0.2, -0.15) is 8.78 Å². The first-order valence-corrected chi connectivity index (χ1v) is 18.4. The molecule has 1 aromatic heterocycles. The van der Waals surface area contributed by atoms with Crippen LogP contribution in [0.5, 0.6) is 17.2 Å². The van der Waals surface area contributed by atoms with Gasteiger partial charge >= 0.3 is 6.61 Å². The Bertz CT molecular complexity index is 1680. The topological polar surface area (TPSA) is 99.7 Å². The Labute approximate surface area is 309 Å². The van der Waals surface area contributed by atoms with Gasteiger partial charge in [-0.05, 0) is 60.2 Å². The maximum atomic E-state index is 14.2. The number of ether oxygens (including phenoxy) is 5. The van der Waals surface area contributed by atoms with Gasteiger partial charge in [0.25, 0.3) is 5.91 Å². The lowest BCUT2D eigenvalue weighted by molar-refractivity contribution is -0.116. The van der Waals surface area contributed by atoms with E-state index in [1.165, 1.54) is 35.1 Å². The summed E-state index contributed by atoms with van der Waals surface area (Å²) in [6, 6.07) is 9.89. The summed E-state index contributed by atoms with van der Waals surface area (Å²) >= 11 is 14.3. The molecule has 2 saturated heterocycles. The number of nitrogens with zero attached hydrogens (tertiary/aromatic N) is 3. The Balaban J connectivity index is 1.27. The minimum atomic E-state index is -3.04. The molecule has 2 atom stereocenters. The predicted octanol–water partition coefficient (Wildman–Crippen LogP) is 6.70. The molecule has 1 aliphatic carbocycles.